The number of hydrogen-bond acceptors (Lipinski definition) is 8. The second-order valence-corrected chi connectivity index (χ2v) is 7.40. The van der Waals surface area contributed by atoms with Crippen LogP contribution in [0.15, 0.2) is 47.0 Å². The van der Waals surface area contributed by atoms with Gasteiger partial charge in [0.1, 0.15) is 0 Å². The second-order valence-electron chi connectivity index (χ2n) is 6.96. The number of esters is 1. The van der Waals surface area contributed by atoms with Crippen molar-refractivity contribution in [3.63, 3.8) is 0 Å². The Hall–Kier alpha value is -3.56. The van der Waals surface area contributed by atoms with Crippen molar-refractivity contribution in [3.05, 3.63) is 70.1 Å². The molecule has 1 aliphatic rings. The van der Waals surface area contributed by atoms with Gasteiger partial charge in [-0.05, 0) is 48.9 Å². The van der Waals surface area contributed by atoms with Crippen molar-refractivity contribution in [2.75, 3.05) is 20.3 Å². The number of imide groups is 1. The lowest BCUT2D eigenvalue weighted by Gasteiger charge is -2.12. The molecule has 9 nitrogen and oxygen atoms in total. The number of aromatic nitrogens is 2. The maximum absolute atomic E-state index is 12.6. The standard InChI is InChI=1S/C22H18ClN3O6/c1-30-10-2-9-26-20(27)16-8-5-14(11-17(16)21(26)28)22(29)31-12-18-24-19(25-32-18)13-3-6-15(23)7-4-13/h3-8,11H,2,9-10,12H2,1H3. The third-order valence-corrected chi connectivity index (χ3v) is 5.09. The summed E-state index contributed by atoms with van der Waals surface area (Å²) in [5.41, 5.74) is 1.27. The van der Waals surface area contributed by atoms with E-state index in [-0.39, 0.29) is 41.6 Å². The lowest BCUT2D eigenvalue weighted by molar-refractivity contribution is 0.0429. The normalized spacial score (nSPS) is 12.9. The number of carbonyl (C=O) groups excluding carboxylic acids is 3. The lowest BCUT2D eigenvalue weighted by Crippen LogP contribution is -2.31. The number of nitrogens with zero attached hydrogens (tertiary/aromatic N) is 3. The molecule has 1 aliphatic heterocycles. The zero-order valence-corrected chi connectivity index (χ0v) is 17.8. The van der Waals surface area contributed by atoms with Crippen LogP contribution in [0.25, 0.3) is 11.4 Å². The lowest BCUT2D eigenvalue weighted by atomic mass is 10.1. The first-order valence-corrected chi connectivity index (χ1v) is 10.1. The van der Waals surface area contributed by atoms with E-state index in [2.05, 4.69) is 10.1 Å². The van der Waals surface area contributed by atoms with Crippen molar-refractivity contribution in [2.24, 2.45) is 0 Å². The molecule has 32 heavy (non-hydrogen) atoms. The summed E-state index contributed by atoms with van der Waals surface area (Å²) in [5.74, 6) is -1.07. The highest BCUT2D eigenvalue weighted by Crippen LogP contribution is 2.25. The zero-order valence-electron chi connectivity index (χ0n) is 17.0. The Morgan fingerprint density at radius 2 is 1.84 bits per heavy atom. The SMILES string of the molecule is COCCCN1C(=O)c2ccc(C(=O)OCc3nc(-c4ccc(Cl)cc4)no3)cc2C1=O. The van der Waals surface area contributed by atoms with E-state index >= 15 is 0 Å². The fourth-order valence-electron chi connectivity index (χ4n) is 3.23. The molecule has 0 N–H and O–H groups in total. The van der Waals surface area contributed by atoms with E-state index in [1.807, 2.05) is 0 Å². The van der Waals surface area contributed by atoms with Gasteiger partial charge in [-0.1, -0.05) is 16.8 Å². The highest BCUT2D eigenvalue weighted by Gasteiger charge is 2.35. The summed E-state index contributed by atoms with van der Waals surface area (Å²) in [6.07, 6.45) is 0.527. The van der Waals surface area contributed by atoms with Crippen molar-refractivity contribution in [3.8, 4) is 11.4 Å². The van der Waals surface area contributed by atoms with Crippen LogP contribution in [0, 0.1) is 0 Å². The Labute approximate surface area is 187 Å². The van der Waals surface area contributed by atoms with Crippen LogP contribution >= 0.6 is 11.6 Å². The number of carbonyl (C=O) groups is 3. The molecule has 0 aliphatic carbocycles. The molecular weight excluding hydrogens is 438 g/mol. The number of fused-ring (bicyclic) bond motifs is 1. The van der Waals surface area contributed by atoms with Crippen LogP contribution in [0.5, 0.6) is 0 Å². The molecule has 0 bridgehead atoms. The molecule has 0 atom stereocenters. The second kappa shape index (κ2) is 9.29. The predicted molar refractivity (Wildman–Crippen MR) is 112 cm³/mol. The Bertz CT molecular complexity index is 1170. The molecule has 0 radical (unpaired) electrons. The first kappa shape index (κ1) is 21.7. The molecule has 2 amide bonds. The summed E-state index contributed by atoms with van der Waals surface area (Å²) in [6, 6.07) is 11.1. The third kappa shape index (κ3) is 4.39. The Balaban J connectivity index is 1.41. The molecule has 2 heterocycles. The van der Waals surface area contributed by atoms with Gasteiger partial charge in [-0.25, -0.2) is 4.79 Å². The maximum Gasteiger partial charge on any atom is 0.338 e. The first-order valence-electron chi connectivity index (χ1n) is 9.72. The summed E-state index contributed by atoms with van der Waals surface area (Å²) >= 11 is 5.87. The molecule has 0 spiro atoms. The molecule has 4 rings (SSSR count). The molecule has 10 heteroatoms. The van der Waals surface area contributed by atoms with E-state index in [1.54, 1.807) is 31.4 Å². The Morgan fingerprint density at radius 3 is 2.59 bits per heavy atom. The van der Waals surface area contributed by atoms with Crippen LogP contribution in [-0.4, -0.2) is 53.1 Å². The van der Waals surface area contributed by atoms with Gasteiger partial charge < -0.3 is 14.0 Å². The molecule has 0 fully saturated rings. The first-order chi connectivity index (χ1) is 15.5. The number of methoxy groups -OCH3 is 1. The number of ether oxygens (including phenoxy) is 2. The van der Waals surface area contributed by atoms with Crippen molar-refractivity contribution in [2.45, 2.75) is 13.0 Å². The van der Waals surface area contributed by atoms with Crippen molar-refractivity contribution in [1.29, 1.82) is 0 Å². The molecule has 1 aromatic heterocycles. The monoisotopic (exact) mass is 455 g/mol. The van der Waals surface area contributed by atoms with E-state index < -0.39 is 11.9 Å². The predicted octanol–water partition coefficient (Wildman–Crippen LogP) is 3.38. The largest absolute Gasteiger partial charge is 0.452 e. The van der Waals surface area contributed by atoms with Gasteiger partial charge in [-0.2, -0.15) is 4.98 Å². The van der Waals surface area contributed by atoms with Gasteiger partial charge in [0.25, 0.3) is 17.7 Å². The molecule has 3 aromatic rings. The van der Waals surface area contributed by atoms with Gasteiger partial charge in [0.2, 0.25) is 5.82 Å². The molecular formula is C22H18ClN3O6. The number of amides is 2. The summed E-state index contributed by atoms with van der Waals surface area (Å²) in [5, 5.41) is 4.44. The van der Waals surface area contributed by atoms with Crippen LogP contribution in [-0.2, 0) is 16.1 Å². The van der Waals surface area contributed by atoms with Gasteiger partial charge in [-0.15, -0.1) is 0 Å². The van der Waals surface area contributed by atoms with Crippen LogP contribution in [0.1, 0.15) is 43.4 Å². The van der Waals surface area contributed by atoms with E-state index in [0.29, 0.717) is 29.4 Å². The van der Waals surface area contributed by atoms with E-state index in [9.17, 15) is 14.4 Å². The number of hydrogen-bond donors (Lipinski definition) is 0. The summed E-state index contributed by atoms with van der Waals surface area (Å²) < 4.78 is 15.3. The quantitative estimate of drug-likeness (QED) is 0.288. The fraction of sp³-hybridized carbons (Fsp3) is 0.227. The minimum Gasteiger partial charge on any atom is -0.452 e. The van der Waals surface area contributed by atoms with Gasteiger partial charge in [0.15, 0.2) is 6.61 Å². The zero-order chi connectivity index (χ0) is 22.7. The van der Waals surface area contributed by atoms with Crippen molar-refractivity contribution in [1.82, 2.24) is 15.0 Å². The average molecular weight is 456 g/mol. The Morgan fingerprint density at radius 1 is 1.09 bits per heavy atom. The highest BCUT2D eigenvalue weighted by molar-refractivity contribution is 6.30. The molecule has 0 unspecified atom stereocenters. The molecule has 2 aromatic carbocycles. The van der Waals surface area contributed by atoms with Crippen LogP contribution < -0.4 is 0 Å². The fourth-order valence-corrected chi connectivity index (χ4v) is 3.35. The van der Waals surface area contributed by atoms with Gasteiger partial charge in [-0.3, -0.25) is 14.5 Å². The smallest absolute Gasteiger partial charge is 0.338 e. The number of halogens is 1. The topological polar surface area (TPSA) is 112 Å². The van der Waals surface area contributed by atoms with Crippen molar-refractivity contribution >= 4 is 29.4 Å². The minimum atomic E-state index is -0.683. The van der Waals surface area contributed by atoms with Crippen LogP contribution in [0.3, 0.4) is 0 Å². The highest BCUT2D eigenvalue weighted by atomic mass is 35.5. The molecule has 0 saturated carbocycles. The summed E-state index contributed by atoms with van der Waals surface area (Å²) in [7, 11) is 1.55. The maximum atomic E-state index is 12.6. The molecule has 0 saturated heterocycles. The van der Waals surface area contributed by atoms with Crippen molar-refractivity contribution < 1.29 is 28.4 Å². The van der Waals surface area contributed by atoms with Gasteiger partial charge >= 0.3 is 5.97 Å². The van der Waals surface area contributed by atoms with Gasteiger partial charge in [0, 0.05) is 30.8 Å². The van der Waals surface area contributed by atoms with E-state index in [0.717, 1.165) is 4.90 Å². The van der Waals surface area contributed by atoms with Crippen LogP contribution in [0.4, 0.5) is 0 Å². The Kier molecular flexibility index (Phi) is 6.29. The van der Waals surface area contributed by atoms with Crippen LogP contribution in [0.2, 0.25) is 5.02 Å². The third-order valence-electron chi connectivity index (χ3n) is 4.83. The average Bonchev–Trinajstić information content (AvgIpc) is 3.37. The molecule has 164 valence electrons. The van der Waals surface area contributed by atoms with E-state index in [4.69, 9.17) is 25.6 Å². The van der Waals surface area contributed by atoms with Gasteiger partial charge in [0.05, 0.1) is 16.7 Å². The van der Waals surface area contributed by atoms with E-state index in [1.165, 1.54) is 18.2 Å². The summed E-state index contributed by atoms with van der Waals surface area (Å²) in [6.45, 7) is 0.431. The summed E-state index contributed by atoms with van der Waals surface area (Å²) in [4.78, 5) is 42.8. The number of benzene rings is 2. The minimum absolute atomic E-state index is 0.111. The number of rotatable bonds is 8.